The molecule has 0 bridgehead atoms. The molecule has 0 atom stereocenters. The molecule has 0 amide bonds. The van der Waals surface area contributed by atoms with E-state index in [-0.39, 0.29) is 24.8 Å². The molecule has 0 radical (unpaired) electrons. The van der Waals surface area contributed by atoms with Crippen molar-refractivity contribution in [3.63, 3.8) is 0 Å². The van der Waals surface area contributed by atoms with Crippen LogP contribution in [0.1, 0.15) is 0 Å². The predicted octanol–water partition coefficient (Wildman–Crippen LogP) is 0.251. The van der Waals surface area contributed by atoms with Crippen LogP contribution in [0, 0.1) is 0 Å². The number of halogens is 2. The van der Waals surface area contributed by atoms with Gasteiger partial charge in [0.2, 0.25) is 0 Å². The summed E-state index contributed by atoms with van der Waals surface area (Å²) in [6.07, 6.45) is 0. The Morgan fingerprint density at radius 3 is 1.00 bits per heavy atom. The molecule has 27 valence electrons. The van der Waals surface area contributed by atoms with Crippen LogP contribution < -0.4 is 3.68 Å². The van der Waals surface area contributed by atoms with Gasteiger partial charge in [0.05, 0.1) is 0 Å². The zero-order chi connectivity index (χ0) is 2.00. The molecule has 4 heteroatoms. The Hall–Kier alpha value is 1.42. The predicted molar refractivity (Wildman–Crippen MR) is 18.7 cm³/mol. The topological polar surface area (TPSA) is 26.0 Å². The normalized spacial score (nSPS) is 1.00. The van der Waals surface area contributed by atoms with Crippen molar-refractivity contribution in [1.82, 2.24) is 0 Å². The van der Waals surface area contributed by atoms with E-state index in [2.05, 4.69) is 3.68 Å². The van der Waals surface area contributed by atoms with Gasteiger partial charge in [-0.2, -0.15) is 0 Å². The fraction of sp³-hybridized carbons (Fsp3) is 0. The van der Waals surface area contributed by atoms with Gasteiger partial charge in [-0.3, -0.25) is 0 Å². The summed E-state index contributed by atoms with van der Waals surface area (Å²) >= 11 is 1.05. The molecule has 1 nitrogen and oxygen atoms in total. The summed E-state index contributed by atoms with van der Waals surface area (Å²) in [5.41, 5.74) is 0. The molecule has 0 rings (SSSR count). The molecule has 0 unspecified atom stereocenters. The minimum absolute atomic E-state index is 0. The first-order valence-corrected chi connectivity index (χ1v) is 1.71. The van der Waals surface area contributed by atoms with Gasteiger partial charge in [0.1, 0.15) is 0 Å². The Morgan fingerprint density at radius 1 is 1.00 bits per heavy atom. The van der Waals surface area contributed by atoms with E-state index in [1.54, 1.807) is 0 Å². The second-order valence-electron chi connectivity index (χ2n) is 0. The summed E-state index contributed by atoms with van der Waals surface area (Å²) in [6.45, 7) is 0. The molecule has 0 spiro atoms. The Balaban J connectivity index is -0.00000000500. The Kier molecular flexibility index (Phi) is 116. The van der Waals surface area contributed by atoms with E-state index in [0.29, 0.717) is 0 Å². The summed E-state index contributed by atoms with van der Waals surface area (Å²) in [4.78, 5) is 0. The zero-order valence-corrected chi connectivity index (χ0v) is 5.98. The molecule has 0 fully saturated rings. The summed E-state index contributed by atoms with van der Waals surface area (Å²) < 4.78 is 4.59. The van der Waals surface area contributed by atoms with Crippen LogP contribution in [0.5, 0.6) is 0 Å². The maximum atomic E-state index is 4.59. The van der Waals surface area contributed by atoms with Gasteiger partial charge in [-0.05, 0) is 0 Å². The van der Waals surface area contributed by atoms with Crippen LogP contribution in [0.4, 0.5) is 0 Å². The second kappa shape index (κ2) is 25.6. The molecule has 0 saturated heterocycles. The quantitative estimate of drug-likeness (QED) is 0.568. The monoisotopic (exact) mass is 178 g/mol. The summed E-state index contributed by atoms with van der Waals surface area (Å²) in [5, 5.41) is 0. The molecule has 0 aromatic heterocycles. The molecule has 4 heavy (non-hydrogen) atoms. The van der Waals surface area contributed by atoms with Gasteiger partial charge in [-0.1, -0.05) is 0 Å². The molecule has 2 N–H and O–H groups in total. The van der Waals surface area contributed by atoms with Crippen molar-refractivity contribution in [2.24, 2.45) is 3.68 Å². The first kappa shape index (κ1) is 18.1. The number of nitrogens with two attached hydrogens (primary N) is 1. The second-order valence-corrected chi connectivity index (χ2v) is 0. The SMILES string of the molecule is Cl.Cl.[NH2][Zr]. The van der Waals surface area contributed by atoms with Crippen molar-refractivity contribution in [2.45, 2.75) is 0 Å². The molecular formula is H4Cl2NZr. The van der Waals surface area contributed by atoms with Crippen LogP contribution in [0.2, 0.25) is 0 Å². The van der Waals surface area contributed by atoms with E-state index in [1.165, 1.54) is 0 Å². The van der Waals surface area contributed by atoms with E-state index < -0.39 is 0 Å². The van der Waals surface area contributed by atoms with E-state index in [4.69, 9.17) is 0 Å². The number of hydrogen-bond donors (Lipinski definition) is 1. The van der Waals surface area contributed by atoms with Crippen LogP contribution in [0.3, 0.4) is 0 Å². The van der Waals surface area contributed by atoms with Gasteiger partial charge in [-0.25, -0.2) is 0 Å². The first-order chi connectivity index (χ1) is 1.00. The van der Waals surface area contributed by atoms with Gasteiger partial charge in [0.15, 0.2) is 0 Å². The third kappa shape index (κ3) is 9.92. The summed E-state index contributed by atoms with van der Waals surface area (Å²) in [5.74, 6) is 0. The van der Waals surface area contributed by atoms with Crippen molar-refractivity contribution in [3.8, 4) is 0 Å². The van der Waals surface area contributed by atoms with Crippen molar-refractivity contribution in [1.29, 1.82) is 0 Å². The molecule has 0 aromatic rings. The van der Waals surface area contributed by atoms with Crippen molar-refractivity contribution in [3.05, 3.63) is 0 Å². The van der Waals surface area contributed by atoms with Crippen LogP contribution in [-0.4, -0.2) is 0 Å². The third-order valence-corrected chi connectivity index (χ3v) is 0. The fourth-order valence-corrected chi connectivity index (χ4v) is 0. The molecule has 0 aromatic carbocycles. The van der Waals surface area contributed by atoms with Gasteiger partial charge >= 0.3 is 28.7 Å². The average Bonchev–Trinajstić information content (AvgIpc) is 1.00. The fourth-order valence-electron chi connectivity index (χ4n) is 0. The average molecular weight is 180 g/mol. The standard InChI is InChI=1S/2ClH.H2N.Zr/h2*1H;1H2;/q;;-1;+1. The van der Waals surface area contributed by atoms with E-state index in [1.807, 2.05) is 0 Å². The van der Waals surface area contributed by atoms with Crippen molar-refractivity contribution >= 4 is 24.8 Å². The zero-order valence-electron chi connectivity index (χ0n) is 1.89. The number of hydrogen-bond acceptors (Lipinski definition) is 1. The first-order valence-electron chi connectivity index (χ1n) is 0.289. The summed E-state index contributed by atoms with van der Waals surface area (Å²) in [6, 6.07) is 0. The Bertz CT molecular complexity index is 6.00. The van der Waals surface area contributed by atoms with Crippen LogP contribution in [0.25, 0.3) is 0 Å². The molecule has 0 aliphatic rings. The number of rotatable bonds is 0. The third-order valence-electron chi connectivity index (χ3n) is 0. The van der Waals surface area contributed by atoms with Gasteiger partial charge in [0, 0.05) is 0 Å². The maximum absolute atomic E-state index is 4.59. The van der Waals surface area contributed by atoms with Crippen LogP contribution in [0.15, 0.2) is 0 Å². The van der Waals surface area contributed by atoms with Crippen molar-refractivity contribution in [2.75, 3.05) is 0 Å². The minimum atomic E-state index is 0. The molecule has 0 saturated carbocycles. The van der Waals surface area contributed by atoms with Crippen molar-refractivity contribution < 1.29 is 25.0 Å². The molecule has 0 aliphatic carbocycles. The van der Waals surface area contributed by atoms with Gasteiger partial charge < -0.3 is 0 Å². The van der Waals surface area contributed by atoms with E-state index >= 15 is 0 Å². The van der Waals surface area contributed by atoms with Gasteiger partial charge in [0.25, 0.3) is 0 Å². The molecule has 0 aliphatic heterocycles. The molecule has 0 heterocycles. The Morgan fingerprint density at radius 2 is 1.00 bits per heavy atom. The van der Waals surface area contributed by atoms with E-state index in [9.17, 15) is 0 Å². The molecular weight excluding hydrogens is 176 g/mol. The van der Waals surface area contributed by atoms with Crippen LogP contribution in [-0.2, 0) is 25.0 Å². The van der Waals surface area contributed by atoms with E-state index in [0.717, 1.165) is 25.0 Å². The Labute approximate surface area is 53.4 Å². The van der Waals surface area contributed by atoms with Gasteiger partial charge in [-0.15, -0.1) is 24.8 Å². The van der Waals surface area contributed by atoms with Crippen LogP contribution >= 0.6 is 24.8 Å². The summed E-state index contributed by atoms with van der Waals surface area (Å²) in [7, 11) is 0.